The average molecular weight is 337 g/mol. The van der Waals surface area contributed by atoms with Crippen molar-refractivity contribution in [1.29, 1.82) is 0 Å². The Bertz CT molecular complexity index is 699. The first-order valence-corrected chi connectivity index (χ1v) is 8.85. The Kier molecular flexibility index (Phi) is 4.10. The van der Waals surface area contributed by atoms with Crippen LogP contribution in [-0.2, 0) is 15.1 Å². The van der Waals surface area contributed by atoms with Gasteiger partial charge in [0.1, 0.15) is 0 Å². The number of hydrogen-bond acceptors (Lipinski definition) is 3. The van der Waals surface area contributed by atoms with E-state index in [0.717, 1.165) is 19.4 Å². The van der Waals surface area contributed by atoms with Crippen LogP contribution in [0.5, 0.6) is 0 Å². The number of carbonyl (C=O) groups is 1. The predicted molar refractivity (Wildman–Crippen MR) is 94.9 cm³/mol. The molecule has 2 heterocycles. The van der Waals surface area contributed by atoms with E-state index in [9.17, 15) is 9.90 Å². The summed E-state index contributed by atoms with van der Waals surface area (Å²) in [4.78, 5) is 15.3. The maximum atomic E-state index is 13.4. The van der Waals surface area contributed by atoms with Gasteiger partial charge in [-0.2, -0.15) is 0 Å². The Balaban J connectivity index is 1.70. The summed E-state index contributed by atoms with van der Waals surface area (Å²) in [5, 5.41) is 11.6. The van der Waals surface area contributed by atoms with Crippen molar-refractivity contribution in [3.8, 4) is 0 Å². The molecular formula is C21H23NO3. The van der Waals surface area contributed by atoms with Gasteiger partial charge in [0.15, 0.2) is 5.60 Å². The van der Waals surface area contributed by atoms with Gasteiger partial charge >= 0.3 is 0 Å². The largest absolute Gasteiger partial charge is 0.381 e. The lowest BCUT2D eigenvalue weighted by atomic mass is 9.84. The fourth-order valence-electron chi connectivity index (χ4n) is 4.08. The number of hydrogen-bond donors (Lipinski definition) is 1. The lowest BCUT2D eigenvalue weighted by Crippen LogP contribution is -2.47. The number of benzene rings is 2. The molecule has 0 aromatic heterocycles. The van der Waals surface area contributed by atoms with Crippen molar-refractivity contribution in [2.75, 3.05) is 26.3 Å². The zero-order valence-electron chi connectivity index (χ0n) is 14.2. The second-order valence-electron chi connectivity index (χ2n) is 7.22. The number of amides is 1. The first-order valence-electron chi connectivity index (χ1n) is 8.85. The van der Waals surface area contributed by atoms with E-state index in [1.54, 1.807) is 0 Å². The summed E-state index contributed by atoms with van der Waals surface area (Å²) in [5.41, 5.74) is -0.373. The minimum absolute atomic E-state index is 0.0734. The van der Waals surface area contributed by atoms with E-state index < -0.39 is 5.60 Å². The summed E-state index contributed by atoms with van der Waals surface area (Å²) in [7, 11) is 0. The standard InChI is InChI=1S/C21H23NO3/c23-19(22-13-11-20(15-22)12-14-25-16-20)21(24,17-7-3-1-4-8-17)18-9-5-2-6-10-18/h1-10,24H,11-16H2. The van der Waals surface area contributed by atoms with Crippen LogP contribution in [0.1, 0.15) is 24.0 Å². The Morgan fingerprint density at radius 2 is 1.60 bits per heavy atom. The molecule has 1 N–H and O–H groups in total. The molecule has 4 nitrogen and oxygen atoms in total. The van der Waals surface area contributed by atoms with E-state index in [1.165, 1.54) is 0 Å². The molecule has 2 fully saturated rings. The lowest BCUT2D eigenvalue weighted by Gasteiger charge is -2.33. The number of nitrogens with zero attached hydrogens (tertiary/aromatic N) is 1. The van der Waals surface area contributed by atoms with Crippen molar-refractivity contribution in [1.82, 2.24) is 4.90 Å². The number of carbonyl (C=O) groups excluding carboxylic acids is 1. The molecule has 2 saturated heterocycles. The number of aliphatic hydroxyl groups is 1. The molecule has 1 unspecified atom stereocenters. The van der Waals surface area contributed by atoms with Gasteiger partial charge < -0.3 is 14.7 Å². The Morgan fingerprint density at radius 1 is 1.00 bits per heavy atom. The number of likely N-dealkylation sites (tertiary alicyclic amines) is 1. The van der Waals surface area contributed by atoms with E-state index in [2.05, 4.69) is 0 Å². The van der Waals surface area contributed by atoms with Gasteiger partial charge in [-0.15, -0.1) is 0 Å². The smallest absolute Gasteiger partial charge is 0.263 e. The maximum absolute atomic E-state index is 13.4. The predicted octanol–water partition coefficient (Wildman–Crippen LogP) is 2.56. The third kappa shape index (κ3) is 2.75. The van der Waals surface area contributed by atoms with Crippen LogP contribution in [0.15, 0.2) is 60.7 Å². The second-order valence-corrected chi connectivity index (χ2v) is 7.22. The van der Waals surface area contributed by atoms with Crippen LogP contribution < -0.4 is 0 Å². The second kappa shape index (κ2) is 6.28. The van der Waals surface area contributed by atoms with Crippen molar-refractivity contribution < 1.29 is 14.6 Å². The molecule has 0 saturated carbocycles. The first-order chi connectivity index (χ1) is 12.1. The van der Waals surface area contributed by atoms with Gasteiger partial charge in [0, 0.05) is 25.1 Å². The summed E-state index contributed by atoms with van der Waals surface area (Å²) in [6.07, 6.45) is 1.93. The molecule has 25 heavy (non-hydrogen) atoms. The molecule has 2 aliphatic heterocycles. The van der Waals surface area contributed by atoms with E-state index in [1.807, 2.05) is 65.6 Å². The van der Waals surface area contributed by atoms with E-state index >= 15 is 0 Å². The molecule has 4 rings (SSSR count). The van der Waals surface area contributed by atoms with Crippen LogP contribution in [0, 0.1) is 5.41 Å². The van der Waals surface area contributed by atoms with Crippen molar-refractivity contribution >= 4 is 5.91 Å². The summed E-state index contributed by atoms with van der Waals surface area (Å²) in [5.74, 6) is -0.242. The minimum atomic E-state index is -1.66. The molecule has 1 amide bonds. The van der Waals surface area contributed by atoms with Crippen LogP contribution in [0.3, 0.4) is 0 Å². The highest BCUT2D eigenvalue weighted by Gasteiger charge is 2.49. The van der Waals surface area contributed by atoms with Gasteiger partial charge in [0.2, 0.25) is 0 Å². The summed E-state index contributed by atoms with van der Waals surface area (Å²) >= 11 is 0. The van der Waals surface area contributed by atoms with Gasteiger partial charge in [0.25, 0.3) is 5.91 Å². The molecule has 1 spiro atoms. The Morgan fingerprint density at radius 3 is 2.12 bits per heavy atom. The van der Waals surface area contributed by atoms with Crippen LogP contribution >= 0.6 is 0 Å². The summed E-state index contributed by atoms with van der Waals surface area (Å²) < 4.78 is 5.56. The third-order valence-electron chi connectivity index (χ3n) is 5.60. The number of rotatable bonds is 3. The van der Waals surface area contributed by atoms with E-state index in [0.29, 0.717) is 30.8 Å². The number of ether oxygens (including phenoxy) is 1. The Hall–Kier alpha value is -2.17. The van der Waals surface area contributed by atoms with Gasteiger partial charge in [-0.1, -0.05) is 60.7 Å². The molecule has 2 aromatic carbocycles. The van der Waals surface area contributed by atoms with Crippen LogP contribution in [-0.4, -0.2) is 42.2 Å². The van der Waals surface area contributed by atoms with Crippen molar-refractivity contribution in [3.63, 3.8) is 0 Å². The van der Waals surface area contributed by atoms with Crippen LogP contribution in [0.4, 0.5) is 0 Å². The fraction of sp³-hybridized carbons (Fsp3) is 0.381. The molecule has 0 radical (unpaired) electrons. The molecule has 2 aliphatic rings. The SMILES string of the molecule is O=C(N1CCC2(CCOC2)C1)C(O)(c1ccccc1)c1ccccc1. The zero-order chi connectivity index (χ0) is 17.3. The first kappa shape index (κ1) is 16.3. The van der Waals surface area contributed by atoms with Gasteiger partial charge in [-0.05, 0) is 24.0 Å². The highest BCUT2D eigenvalue weighted by Crippen LogP contribution is 2.41. The van der Waals surface area contributed by atoms with Gasteiger partial charge in [-0.3, -0.25) is 4.79 Å². The van der Waals surface area contributed by atoms with E-state index in [4.69, 9.17) is 4.74 Å². The highest BCUT2D eigenvalue weighted by molar-refractivity contribution is 5.90. The molecule has 1 atom stereocenters. The third-order valence-corrected chi connectivity index (χ3v) is 5.60. The lowest BCUT2D eigenvalue weighted by molar-refractivity contribution is -0.147. The average Bonchev–Trinajstić information content (AvgIpc) is 3.32. The molecule has 0 aliphatic carbocycles. The molecule has 4 heteroatoms. The molecular weight excluding hydrogens is 314 g/mol. The highest BCUT2D eigenvalue weighted by atomic mass is 16.5. The molecule has 130 valence electrons. The topological polar surface area (TPSA) is 49.8 Å². The van der Waals surface area contributed by atoms with E-state index in [-0.39, 0.29) is 11.3 Å². The van der Waals surface area contributed by atoms with Crippen molar-refractivity contribution in [3.05, 3.63) is 71.8 Å². The van der Waals surface area contributed by atoms with Crippen molar-refractivity contribution in [2.45, 2.75) is 18.4 Å². The quantitative estimate of drug-likeness (QED) is 0.936. The van der Waals surface area contributed by atoms with Crippen LogP contribution in [0.2, 0.25) is 0 Å². The van der Waals surface area contributed by atoms with Gasteiger partial charge in [-0.25, -0.2) is 0 Å². The maximum Gasteiger partial charge on any atom is 0.263 e. The summed E-state index contributed by atoms with van der Waals surface area (Å²) in [6.45, 7) is 2.81. The minimum Gasteiger partial charge on any atom is -0.381 e. The van der Waals surface area contributed by atoms with Gasteiger partial charge in [0.05, 0.1) is 6.61 Å². The molecule has 0 bridgehead atoms. The summed E-state index contributed by atoms with van der Waals surface area (Å²) in [6, 6.07) is 18.5. The molecule has 2 aromatic rings. The Labute approximate surface area is 148 Å². The van der Waals surface area contributed by atoms with Crippen LogP contribution in [0.25, 0.3) is 0 Å². The zero-order valence-corrected chi connectivity index (χ0v) is 14.2. The monoisotopic (exact) mass is 337 g/mol. The fourth-order valence-corrected chi connectivity index (χ4v) is 4.08. The van der Waals surface area contributed by atoms with Crippen molar-refractivity contribution in [2.24, 2.45) is 5.41 Å². The normalized spacial score (nSPS) is 23.3.